The molecule has 4 rings (SSSR count). The molecule has 7 nitrogen and oxygen atoms in total. The van der Waals surface area contributed by atoms with Crippen molar-refractivity contribution in [3.8, 4) is 0 Å². The third-order valence-corrected chi connectivity index (χ3v) is 7.13. The number of nitrogens with zero attached hydrogens (tertiary/aromatic N) is 2. The van der Waals surface area contributed by atoms with E-state index in [9.17, 15) is 18.0 Å². The van der Waals surface area contributed by atoms with Gasteiger partial charge in [0.15, 0.2) is 15.0 Å². The van der Waals surface area contributed by atoms with Crippen molar-refractivity contribution in [2.24, 2.45) is 5.92 Å². The highest BCUT2D eigenvalue weighted by Gasteiger charge is 2.42. The van der Waals surface area contributed by atoms with Gasteiger partial charge in [0, 0.05) is 19.7 Å². The number of benzene rings is 2. The fourth-order valence-electron chi connectivity index (χ4n) is 3.60. The van der Waals surface area contributed by atoms with E-state index < -0.39 is 15.8 Å². The Labute approximate surface area is 172 Å². The molecule has 2 atom stereocenters. The van der Waals surface area contributed by atoms with E-state index in [0.717, 1.165) is 11.8 Å². The molecule has 1 fully saturated rings. The predicted octanol–water partition coefficient (Wildman–Crippen LogP) is 2.86. The first kappa shape index (κ1) is 19.5. The summed E-state index contributed by atoms with van der Waals surface area (Å²) in [6.07, 6.45) is 1.28. The normalized spacial score (nSPS) is 19.7. The van der Waals surface area contributed by atoms with Crippen LogP contribution in [0.4, 0.5) is 5.13 Å². The van der Waals surface area contributed by atoms with Crippen LogP contribution in [0.15, 0.2) is 53.4 Å². The Hall–Kier alpha value is -2.78. The van der Waals surface area contributed by atoms with Crippen molar-refractivity contribution in [1.82, 2.24) is 9.88 Å². The fraction of sp³-hybridized carbons (Fsp3) is 0.250. The maximum atomic E-state index is 13.0. The van der Waals surface area contributed by atoms with Gasteiger partial charge in [0.2, 0.25) is 11.8 Å². The van der Waals surface area contributed by atoms with Crippen molar-refractivity contribution in [2.45, 2.75) is 17.4 Å². The zero-order valence-corrected chi connectivity index (χ0v) is 17.5. The number of sulfone groups is 1. The van der Waals surface area contributed by atoms with Gasteiger partial charge < -0.3 is 10.2 Å². The van der Waals surface area contributed by atoms with Gasteiger partial charge in [-0.05, 0) is 23.8 Å². The lowest BCUT2D eigenvalue weighted by Gasteiger charge is -2.24. The minimum Gasteiger partial charge on any atom is -0.338 e. The van der Waals surface area contributed by atoms with E-state index in [1.807, 2.05) is 30.3 Å². The molecule has 1 aliphatic heterocycles. The lowest BCUT2D eigenvalue weighted by Crippen LogP contribution is -2.29. The highest BCUT2D eigenvalue weighted by molar-refractivity contribution is 7.90. The Morgan fingerprint density at radius 3 is 2.62 bits per heavy atom. The second-order valence-corrected chi connectivity index (χ2v) is 10.1. The van der Waals surface area contributed by atoms with Gasteiger partial charge in [0.1, 0.15) is 0 Å². The number of rotatable bonds is 4. The van der Waals surface area contributed by atoms with Crippen molar-refractivity contribution in [1.29, 1.82) is 0 Å². The number of carbonyl (C=O) groups is 2. The fourth-order valence-corrected chi connectivity index (χ4v) is 5.23. The van der Waals surface area contributed by atoms with E-state index in [4.69, 9.17) is 0 Å². The van der Waals surface area contributed by atoms with Crippen LogP contribution in [0.5, 0.6) is 0 Å². The second kappa shape index (κ2) is 7.23. The summed E-state index contributed by atoms with van der Waals surface area (Å²) in [5.74, 6) is -0.895. The molecule has 0 spiro atoms. The number of likely N-dealkylation sites (tertiary alicyclic amines) is 1. The topological polar surface area (TPSA) is 96.4 Å². The standard InChI is InChI=1S/C20H19N3O4S2/c1-23-17(24)11-14(18(23)12-6-4-3-5-7-12)19(25)22-20-21-15-9-8-13(29(2,26)27)10-16(15)28-20/h3-10,14,18H,11H2,1-2H3,(H,21,22,25)/t14-,18+/m0/s1. The Kier molecular flexibility index (Phi) is 4.87. The molecule has 150 valence electrons. The van der Waals surface area contributed by atoms with Crippen LogP contribution in [0, 0.1) is 5.92 Å². The number of hydrogen-bond donors (Lipinski definition) is 1. The summed E-state index contributed by atoms with van der Waals surface area (Å²) in [5, 5.41) is 3.19. The zero-order chi connectivity index (χ0) is 20.8. The van der Waals surface area contributed by atoms with Gasteiger partial charge in [0.25, 0.3) is 0 Å². The van der Waals surface area contributed by atoms with Crippen molar-refractivity contribution < 1.29 is 18.0 Å². The third kappa shape index (κ3) is 3.75. The Balaban J connectivity index is 1.60. The minimum absolute atomic E-state index is 0.0823. The van der Waals surface area contributed by atoms with E-state index >= 15 is 0 Å². The molecule has 1 N–H and O–H groups in total. The lowest BCUT2D eigenvalue weighted by molar-refractivity contribution is -0.127. The van der Waals surface area contributed by atoms with E-state index in [1.165, 1.54) is 17.4 Å². The summed E-state index contributed by atoms with van der Waals surface area (Å²) in [7, 11) is -1.62. The van der Waals surface area contributed by atoms with Crippen molar-refractivity contribution in [2.75, 3.05) is 18.6 Å². The summed E-state index contributed by atoms with van der Waals surface area (Å²) in [5.41, 5.74) is 1.51. The van der Waals surface area contributed by atoms with E-state index in [2.05, 4.69) is 10.3 Å². The van der Waals surface area contributed by atoms with Gasteiger partial charge in [-0.25, -0.2) is 13.4 Å². The maximum absolute atomic E-state index is 13.0. The smallest absolute Gasteiger partial charge is 0.232 e. The number of aromatic nitrogens is 1. The molecule has 9 heteroatoms. The molecule has 0 radical (unpaired) electrons. The van der Waals surface area contributed by atoms with Gasteiger partial charge >= 0.3 is 0 Å². The predicted molar refractivity (Wildman–Crippen MR) is 111 cm³/mol. The average Bonchev–Trinajstić information content (AvgIpc) is 3.21. The number of hydrogen-bond acceptors (Lipinski definition) is 6. The molecule has 0 unspecified atom stereocenters. The molecule has 2 aromatic carbocycles. The van der Waals surface area contributed by atoms with E-state index in [1.54, 1.807) is 24.1 Å². The number of anilines is 1. The molecule has 2 heterocycles. The molecule has 0 aliphatic carbocycles. The van der Waals surface area contributed by atoms with Crippen LogP contribution in [0.3, 0.4) is 0 Å². The maximum Gasteiger partial charge on any atom is 0.232 e. The summed E-state index contributed by atoms with van der Waals surface area (Å²) < 4.78 is 24.2. The Morgan fingerprint density at radius 1 is 1.21 bits per heavy atom. The Morgan fingerprint density at radius 2 is 1.93 bits per heavy atom. The first-order chi connectivity index (χ1) is 13.7. The molecule has 2 amide bonds. The van der Waals surface area contributed by atoms with Crippen molar-refractivity contribution >= 4 is 48.3 Å². The number of nitrogens with one attached hydrogen (secondary N) is 1. The quantitative estimate of drug-likeness (QED) is 0.688. The summed E-state index contributed by atoms with van der Waals surface area (Å²) in [6, 6.07) is 13.8. The van der Waals surface area contributed by atoms with Gasteiger partial charge in [-0.15, -0.1) is 0 Å². The molecule has 29 heavy (non-hydrogen) atoms. The van der Waals surface area contributed by atoms with Crippen LogP contribution in [-0.4, -0.2) is 43.4 Å². The van der Waals surface area contributed by atoms with Crippen LogP contribution in [0.1, 0.15) is 18.0 Å². The van der Waals surface area contributed by atoms with E-state index in [-0.39, 0.29) is 29.2 Å². The summed E-state index contributed by atoms with van der Waals surface area (Å²) in [6.45, 7) is 0. The number of amides is 2. The third-order valence-electron chi connectivity index (χ3n) is 5.08. The van der Waals surface area contributed by atoms with Crippen LogP contribution in [0.2, 0.25) is 0 Å². The highest BCUT2D eigenvalue weighted by Crippen LogP contribution is 2.38. The van der Waals surface area contributed by atoms with E-state index in [0.29, 0.717) is 15.3 Å². The largest absolute Gasteiger partial charge is 0.338 e. The van der Waals surface area contributed by atoms with Crippen LogP contribution in [-0.2, 0) is 19.4 Å². The monoisotopic (exact) mass is 429 g/mol. The van der Waals surface area contributed by atoms with Gasteiger partial charge in [-0.1, -0.05) is 41.7 Å². The molecular formula is C20H19N3O4S2. The molecule has 1 aromatic heterocycles. The van der Waals surface area contributed by atoms with Crippen molar-refractivity contribution in [3.05, 3.63) is 54.1 Å². The molecule has 3 aromatic rings. The Bertz CT molecular complexity index is 1200. The molecule has 1 saturated heterocycles. The van der Waals surface area contributed by atoms with Crippen LogP contribution in [0.25, 0.3) is 10.2 Å². The average molecular weight is 430 g/mol. The number of fused-ring (bicyclic) bond motifs is 1. The van der Waals surface area contributed by atoms with Gasteiger partial charge in [0.05, 0.1) is 27.1 Å². The molecule has 1 aliphatic rings. The lowest BCUT2D eigenvalue weighted by atomic mass is 9.93. The first-order valence-corrected chi connectivity index (χ1v) is 11.7. The highest BCUT2D eigenvalue weighted by atomic mass is 32.2. The number of thiazole rings is 1. The molecule has 0 bridgehead atoms. The van der Waals surface area contributed by atoms with Crippen LogP contribution < -0.4 is 5.32 Å². The summed E-state index contributed by atoms with van der Waals surface area (Å²) >= 11 is 1.21. The van der Waals surface area contributed by atoms with Gasteiger partial charge in [-0.3, -0.25) is 9.59 Å². The van der Waals surface area contributed by atoms with Gasteiger partial charge in [-0.2, -0.15) is 0 Å². The molecular weight excluding hydrogens is 410 g/mol. The SMILES string of the molecule is CN1C(=O)C[C@H](C(=O)Nc2nc3ccc(S(C)(=O)=O)cc3s2)[C@H]1c1ccccc1. The molecule has 0 saturated carbocycles. The van der Waals surface area contributed by atoms with Crippen molar-refractivity contribution in [3.63, 3.8) is 0 Å². The van der Waals surface area contributed by atoms with Crippen LogP contribution >= 0.6 is 11.3 Å². The second-order valence-electron chi connectivity index (χ2n) is 7.08. The number of carbonyl (C=O) groups excluding carboxylic acids is 2. The minimum atomic E-state index is -3.32. The first-order valence-electron chi connectivity index (χ1n) is 8.96. The summed E-state index contributed by atoms with van der Waals surface area (Å²) in [4.78, 5) is 31.4. The zero-order valence-electron chi connectivity index (χ0n) is 15.8.